The van der Waals surface area contributed by atoms with Gasteiger partial charge in [0.05, 0.1) is 7.11 Å². The van der Waals surface area contributed by atoms with Gasteiger partial charge in [-0.15, -0.1) is 0 Å². The van der Waals surface area contributed by atoms with Gasteiger partial charge in [0, 0.05) is 6.07 Å². The van der Waals surface area contributed by atoms with Gasteiger partial charge in [-0.3, -0.25) is 0 Å². The van der Waals surface area contributed by atoms with E-state index in [-0.39, 0.29) is 6.61 Å². The van der Waals surface area contributed by atoms with Crippen LogP contribution in [0.2, 0.25) is 0 Å². The van der Waals surface area contributed by atoms with Crippen molar-refractivity contribution < 1.29 is 14.6 Å². The summed E-state index contributed by atoms with van der Waals surface area (Å²) in [5.74, 6) is 1.43. The number of aryl methyl sites for hydroxylation is 2. The van der Waals surface area contributed by atoms with Crippen LogP contribution in [0.3, 0.4) is 0 Å². The molecule has 0 bridgehead atoms. The van der Waals surface area contributed by atoms with Crippen molar-refractivity contribution in [2.24, 2.45) is 0 Å². The van der Waals surface area contributed by atoms with Crippen LogP contribution in [0.1, 0.15) is 22.8 Å². The normalized spacial score (nSPS) is 12.0. The molecule has 106 valence electrons. The minimum Gasteiger partial charge on any atom is -0.497 e. The molecule has 1 atom stereocenters. The van der Waals surface area contributed by atoms with E-state index < -0.39 is 6.10 Å². The topological polar surface area (TPSA) is 38.7 Å². The summed E-state index contributed by atoms with van der Waals surface area (Å²) in [4.78, 5) is 0. The predicted octanol–water partition coefficient (Wildman–Crippen LogP) is 3.42. The molecule has 3 nitrogen and oxygen atoms in total. The molecule has 0 amide bonds. The maximum Gasteiger partial charge on any atom is 0.123 e. The fraction of sp³-hybridized carbons (Fsp3) is 0.294. The monoisotopic (exact) mass is 272 g/mol. The molecular formula is C17H20O3. The van der Waals surface area contributed by atoms with Gasteiger partial charge in [-0.2, -0.15) is 0 Å². The Labute approximate surface area is 119 Å². The molecule has 0 saturated heterocycles. The van der Waals surface area contributed by atoms with Gasteiger partial charge in [-0.05, 0) is 37.1 Å². The number of benzene rings is 2. The molecule has 0 aliphatic carbocycles. The van der Waals surface area contributed by atoms with E-state index in [1.165, 1.54) is 0 Å². The van der Waals surface area contributed by atoms with Gasteiger partial charge in [-0.25, -0.2) is 0 Å². The van der Waals surface area contributed by atoms with Crippen LogP contribution in [-0.4, -0.2) is 18.8 Å². The van der Waals surface area contributed by atoms with Gasteiger partial charge < -0.3 is 14.6 Å². The highest BCUT2D eigenvalue weighted by atomic mass is 16.5. The largest absolute Gasteiger partial charge is 0.497 e. The summed E-state index contributed by atoms with van der Waals surface area (Å²) in [5.41, 5.74) is 3.11. The number of methoxy groups -OCH3 is 1. The summed E-state index contributed by atoms with van der Waals surface area (Å²) in [6.45, 7) is 4.22. The maximum atomic E-state index is 10.3. The van der Waals surface area contributed by atoms with Crippen molar-refractivity contribution in [2.75, 3.05) is 13.7 Å². The average molecular weight is 272 g/mol. The van der Waals surface area contributed by atoms with Crippen molar-refractivity contribution in [1.29, 1.82) is 0 Å². The number of ether oxygens (including phenoxy) is 2. The van der Waals surface area contributed by atoms with Crippen molar-refractivity contribution in [3.63, 3.8) is 0 Å². The first-order chi connectivity index (χ1) is 9.60. The van der Waals surface area contributed by atoms with Gasteiger partial charge in [0.2, 0.25) is 0 Å². The van der Waals surface area contributed by atoms with Crippen molar-refractivity contribution in [3.8, 4) is 11.5 Å². The van der Waals surface area contributed by atoms with Crippen LogP contribution in [0.25, 0.3) is 0 Å². The van der Waals surface area contributed by atoms with Crippen LogP contribution in [-0.2, 0) is 0 Å². The molecule has 20 heavy (non-hydrogen) atoms. The Morgan fingerprint density at radius 2 is 1.80 bits per heavy atom. The van der Waals surface area contributed by atoms with Gasteiger partial charge in [0.1, 0.15) is 24.2 Å². The second-order valence-corrected chi connectivity index (χ2v) is 4.87. The third-order valence-electron chi connectivity index (χ3n) is 3.24. The molecule has 0 radical (unpaired) electrons. The van der Waals surface area contributed by atoms with E-state index in [1.807, 2.05) is 50.2 Å². The Bertz CT molecular complexity index is 578. The first-order valence-electron chi connectivity index (χ1n) is 6.62. The zero-order valence-electron chi connectivity index (χ0n) is 12.1. The molecule has 0 heterocycles. The molecule has 2 aromatic rings. The SMILES string of the molecule is COc1cccc(OCC(O)c2cc(C)ccc2C)c1. The minimum atomic E-state index is -0.638. The molecular weight excluding hydrogens is 252 g/mol. The number of hydrogen-bond acceptors (Lipinski definition) is 3. The molecule has 0 saturated carbocycles. The standard InChI is InChI=1S/C17H20O3/c1-12-7-8-13(2)16(9-12)17(18)11-20-15-6-4-5-14(10-15)19-3/h4-10,17-18H,11H2,1-3H3. The van der Waals surface area contributed by atoms with Gasteiger partial charge in [0.15, 0.2) is 0 Å². The van der Waals surface area contributed by atoms with Gasteiger partial charge >= 0.3 is 0 Å². The average Bonchev–Trinajstić information content (AvgIpc) is 2.47. The highest BCUT2D eigenvalue weighted by Crippen LogP contribution is 2.23. The summed E-state index contributed by atoms with van der Waals surface area (Å²) in [5, 5.41) is 10.3. The predicted molar refractivity (Wildman–Crippen MR) is 79.4 cm³/mol. The van der Waals surface area contributed by atoms with E-state index in [9.17, 15) is 5.11 Å². The van der Waals surface area contributed by atoms with Gasteiger partial charge in [-0.1, -0.05) is 29.8 Å². The molecule has 2 rings (SSSR count). The van der Waals surface area contributed by atoms with Gasteiger partial charge in [0.25, 0.3) is 0 Å². The summed E-state index contributed by atoms with van der Waals surface area (Å²) in [6.07, 6.45) is -0.638. The zero-order valence-corrected chi connectivity index (χ0v) is 12.1. The van der Waals surface area contributed by atoms with E-state index in [0.29, 0.717) is 5.75 Å². The minimum absolute atomic E-state index is 0.220. The Morgan fingerprint density at radius 1 is 1.05 bits per heavy atom. The molecule has 2 aromatic carbocycles. The highest BCUT2D eigenvalue weighted by Gasteiger charge is 2.11. The number of aliphatic hydroxyl groups is 1. The second kappa shape index (κ2) is 6.44. The third-order valence-corrected chi connectivity index (χ3v) is 3.24. The van der Waals surface area contributed by atoms with Crippen LogP contribution in [0.4, 0.5) is 0 Å². The second-order valence-electron chi connectivity index (χ2n) is 4.87. The number of rotatable bonds is 5. The van der Waals surface area contributed by atoms with Crippen molar-refractivity contribution >= 4 is 0 Å². The zero-order chi connectivity index (χ0) is 14.5. The lowest BCUT2D eigenvalue weighted by Gasteiger charge is -2.16. The van der Waals surface area contributed by atoms with Crippen LogP contribution < -0.4 is 9.47 Å². The highest BCUT2D eigenvalue weighted by molar-refractivity contribution is 5.34. The Morgan fingerprint density at radius 3 is 2.55 bits per heavy atom. The first kappa shape index (κ1) is 14.4. The lowest BCUT2D eigenvalue weighted by atomic mass is 10.0. The number of hydrogen-bond donors (Lipinski definition) is 1. The third kappa shape index (κ3) is 3.52. The van der Waals surface area contributed by atoms with E-state index in [0.717, 1.165) is 22.4 Å². The summed E-state index contributed by atoms with van der Waals surface area (Å²) < 4.78 is 10.8. The summed E-state index contributed by atoms with van der Waals surface area (Å²) >= 11 is 0. The lowest BCUT2D eigenvalue weighted by Crippen LogP contribution is -2.11. The van der Waals surface area contributed by atoms with Crippen LogP contribution >= 0.6 is 0 Å². The molecule has 1 N–H and O–H groups in total. The fourth-order valence-corrected chi connectivity index (χ4v) is 2.07. The van der Waals surface area contributed by atoms with E-state index in [1.54, 1.807) is 13.2 Å². The molecule has 0 fully saturated rings. The van der Waals surface area contributed by atoms with Crippen molar-refractivity contribution in [1.82, 2.24) is 0 Å². The van der Waals surface area contributed by atoms with E-state index in [4.69, 9.17) is 9.47 Å². The van der Waals surface area contributed by atoms with Crippen LogP contribution in [0.5, 0.6) is 11.5 Å². The first-order valence-corrected chi connectivity index (χ1v) is 6.62. The smallest absolute Gasteiger partial charge is 0.123 e. The van der Waals surface area contributed by atoms with E-state index in [2.05, 4.69) is 0 Å². The Balaban J connectivity index is 2.04. The van der Waals surface area contributed by atoms with E-state index >= 15 is 0 Å². The quantitative estimate of drug-likeness (QED) is 0.906. The van der Waals surface area contributed by atoms with Crippen LogP contribution in [0, 0.1) is 13.8 Å². The van der Waals surface area contributed by atoms with Crippen LogP contribution in [0.15, 0.2) is 42.5 Å². The molecule has 0 aliphatic rings. The molecule has 1 unspecified atom stereocenters. The van der Waals surface area contributed by atoms with Crippen molar-refractivity contribution in [2.45, 2.75) is 20.0 Å². The summed E-state index contributed by atoms with van der Waals surface area (Å²) in [7, 11) is 1.62. The van der Waals surface area contributed by atoms with Crippen molar-refractivity contribution in [3.05, 3.63) is 59.2 Å². The lowest BCUT2D eigenvalue weighted by molar-refractivity contribution is 0.107. The molecule has 0 aromatic heterocycles. The number of aliphatic hydroxyl groups excluding tert-OH is 1. The molecule has 0 spiro atoms. The fourth-order valence-electron chi connectivity index (χ4n) is 2.07. The molecule has 0 aliphatic heterocycles. The molecule has 3 heteroatoms. The maximum absolute atomic E-state index is 10.3. The Hall–Kier alpha value is -2.00. The Kier molecular flexibility index (Phi) is 4.64. The summed E-state index contributed by atoms with van der Waals surface area (Å²) in [6, 6.07) is 13.4.